The minimum Gasteiger partial charge on any atom is -0.445 e. The van der Waals surface area contributed by atoms with Crippen LogP contribution in [0, 0.1) is 0 Å². The highest BCUT2D eigenvalue weighted by Gasteiger charge is 2.06. The molecule has 1 aliphatic rings. The Hall–Kier alpha value is -1.59. The van der Waals surface area contributed by atoms with Gasteiger partial charge in [0, 0.05) is 0 Å². The summed E-state index contributed by atoms with van der Waals surface area (Å²) in [6.45, 7) is 2.22. The van der Waals surface area contributed by atoms with E-state index in [1.54, 1.807) is 0 Å². The van der Waals surface area contributed by atoms with Gasteiger partial charge in [0.25, 0.3) is 0 Å². The number of nitrogens with two attached hydrogens (primary N) is 1. The van der Waals surface area contributed by atoms with Gasteiger partial charge >= 0.3 is 6.09 Å². The van der Waals surface area contributed by atoms with Crippen molar-refractivity contribution >= 4 is 6.09 Å². The Balaban J connectivity index is 0.000000199. The van der Waals surface area contributed by atoms with Gasteiger partial charge in [-0.15, -0.1) is 0 Å². The SMILES string of the molecule is NC(=O)OCc1ccccc1.OC1CCNCC1. The van der Waals surface area contributed by atoms with E-state index in [0.29, 0.717) is 0 Å². The highest BCUT2D eigenvalue weighted by atomic mass is 16.5. The molecule has 5 nitrogen and oxygen atoms in total. The van der Waals surface area contributed by atoms with E-state index in [1.807, 2.05) is 30.3 Å². The predicted molar refractivity (Wildman–Crippen MR) is 68.9 cm³/mol. The van der Waals surface area contributed by atoms with Gasteiger partial charge in [-0.3, -0.25) is 0 Å². The van der Waals surface area contributed by atoms with Gasteiger partial charge in [0.15, 0.2) is 0 Å². The lowest BCUT2D eigenvalue weighted by Crippen LogP contribution is -2.30. The summed E-state index contributed by atoms with van der Waals surface area (Å²) < 4.78 is 4.57. The maximum Gasteiger partial charge on any atom is 0.404 e. The Labute approximate surface area is 107 Å². The fraction of sp³-hybridized carbons (Fsp3) is 0.462. The van der Waals surface area contributed by atoms with Crippen LogP contribution >= 0.6 is 0 Å². The topological polar surface area (TPSA) is 84.6 Å². The van der Waals surface area contributed by atoms with Crippen LogP contribution in [0.2, 0.25) is 0 Å². The lowest BCUT2D eigenvalue weighted by molar-refractivity contribution is 0.137. The zero-order valence-corrected chi connectivity index (χ0v) is 10.3. The third-order valence-electron chi connectivity index (χ3n) is 2.53. The van der Waals surface area contributed by atoms with Crippen molar-refractivity contribution in [3.8, 4) is 0 Å². The fourth-order valence-corrected chi connectivity index (χ4v) is 1.54. The summed E-state index contributed by atoms with van der Waals surface area (Å²) in [5.41, 5.74) is 5.72. The van der Waals surface area contributed by atoms with Gasteiger partial charge in [-0.25, -0.2) is 4.79 Å². The first-order chi connectivity index (χ1) is 8.68. The normalized spacial score (nSPS) is 15.4. The summed E-state index contributed by atoms with van der Waals surface area (Å²) in [7, 11) is 0. The Bertz CT molecular complexity index is 337. The first-order valence-electron chi connectivity index (χ1n) is 6.03. The molecule has 100 valence electrons. The number of aliphatic hydroxyl groups is 1. The number of primary amides is 1. The highest BCUT2D eigenvalue weighted by Crippen LogP contribution is 1.99. The molecular weight excluding hydrogens is 232 g/mol. The second-order valence-electron chi connectivity index (χ2n) is 4.07. The van der Waals surface area contributed by atoms with E-state index in [4.69, 9.17) is 10.8 Å². The van der Waals surface area contributed by atoms with Crippen LogP contribution in [0.5, 0.6) is 0 Å². The summed E-state index contributed by atoms with van der Waals surface area (Å²) >= 11 is 0. The number of carbonyl (C=O) groups excluding carboxylic acids is 1. The molecule has 4 N–H and O–H groups in total. The maximum absolute atomic E-state index is 10.2. The highest BCUT2D eigenvalue weighted by molar-refractivity contribution is 5.64. The van der Waals surface area contributed by atoms with Crippen LogP contribution in [0.25, 0.3) is 0 Å². The smallest absolute Gasteiger partial charge is 0.404 e. The van der Waals surface area contributed by atoms with Crippen molar-refractivity contribution in [2.45, 2.75) is 25.6 Å². The molecule has 0 atom stereocenters. The minimum absolute atomic E-state index is 0.0266. The Morgan fingerprint density at radius 3 is 2.39 bits per heavy atom. The molecule has 0 spiro atoms. The van der Waals surface area contributed by atoms with E-state index in [0.717, 1.165) is 31.5 Å². The molecule has 0 radical (unpaired) electrons. The lowest BCUT2D eigenvalue weighted by Gasteiger charge is -2.16. The zero-order chi connectivity index (χ0) is 13.2. The number of piperidine rings is 1. The molecule has 1 aliphatic heterocycles. The van der Waals surface area contributed by atoms with E-state index in [-0.39, 0.29) is 12.7 Å². The molecule has 18 heavy (non-hydrogen) atoms. The van der Waals surface area contributed by atoms with E-state index in [9.17, 15) is 4.79 Å². The molecule has 1 amide bonds. The van der Waals surface area contributed by atoms with Crippen molar-refractivity contribution in [1.29, 1.82) is 0 Å². The number of amides is 1. The molecule has 2 rings (SSSR count). The number of hydrogen-bond donors (Lipinski definition) is 3. The van der Waals surface area contributed by atoms with E-state index in [1.165, 1.54) is 0 Å². The van der Waals surface area contributed by atoms with E-state index >= 15 is 0 Å². The first kappa shape index (κ1) is 14.5. The summed E-state index contributed by atoms with van der Waals surface area (Å²) in [6.07, 6.45) is 1.09. The number of benzene rings is 1. The summed E-state index contributed by atoms with van der Waals surface area (Å²) in [5.74, 6) is 0. The van der Waals surface area contributed by atoms with Crippen molar-refractivity contribution in [2.24, 2.45) is 5.73 Å². The van der Waals surface area contributed by atoms with Crippen molar-refractivity contribution in [1.82, 2.24) is 5.32 Å². The molecule has 0 aromatic heterocycles. The molecule has 0 aliphatic carbocycles. The molecule has 0 saturated carbocycles. The summed E-state index contributed by atoms with van der Waals surface area (Å²) in [5, 5.41) is 12.0. The lowest BCUT2D eigenvalue weighted by atomic mass is 10.1. The van der Waals surface area contributed by atoms with Crippen LogP contribution in [0.3, 0.4) is 0 Å². The van der Waals surface area contributed by atoms with E-state index < -0.39 is 6.09 Å². The van der Waals surface area contributed by atoms with Crippen LogP contribution in [0.4, 0.5) is 4.79 Å². The molecule has 1 heterocycles. The molecule has 1 aromatic rings. The van der Waals surface area contributed by atoms with Crippen LogP contribution in [0.15, 0.2) is 30.3 Å². The van der Waals surface area contributed by atoms with Crippen LogP contribution in [-0.4, -0.2) is 30.4 Å². The zero-order valence-electron chi connectivity index (χ0n) is 10.3. The van der Waals surface area contributed by atoms with E-state index in [2.05, 4.69) is 10.1 Å². The Morgan fingerprint density at radius 2 is 1.94 bits per heavy atom. The second kappa shape index (κ2) is 8.49. The monoisotopic (exact) mass is 252 g/mol. The number of rotatable bonds is 2. The van der Waals surface area contributed by atoms with Crippen molar-refractivity contribution in [3.63, 3.8) is 0 Å². The third-order valence-corrected chi connectivity index (χ3v) is 2.53. The number of ether oxygens (including phenoxy) is 1. The molecule has 0 bridgehead atoms. The van der Waals surface area contributed by atoms with Crippen LogP contribution in [0.1, 0.15) is 18.4 Å². The number of aliphatic hydroxyl groups excluding tert-OH is 1. The minimum atomic E-state index is -0.742. The van der Waals surface area contributed by atoms with Crippen molar-refractivity contribution < 1.29 is 14.6 Å². The third kappa shape index (κ3) is 6.88. The van der Waals surface area contributed by atoms with Gasteiger partial charge in [0.05, 0.1) is 6.10 Å². The quantitative estimate of drug-likeness (QED) is 0.733. The molecule has 0 unspecified atom stereocenters. The van der Waals surface area contributed by atoms with Crippen LogP contribution < -0.4 is 11.1 Å². The average molecular weight is 252 g/mol. The fourth-order valence-electron chi connectivity index (χ4n) is 1.54. The predicted octanol–water partition coefficient (Wildman–Crippen LogP) is 1.01. The van der Waals surface area contributed by atoms with Gasteiger partial charge in [-0.1, -0.05) is 30.3 Å². The van der Waals surface area contributed by atoms with Gasteiger partial charge < -0.3 is 20.9 Å². The number of nitrogens with one attached hydrogen (secondary N) is 1. The van der Waals surface area contributed by atoms with Crippen molar-refractivity contribution in [3.05, 3.63) is 35.9 Å². The van der Waals surface area contributed by atoms with Gasteiger partial charge in [-0.05, 0) is 31.5 Å². The second-order valence-corrected chi connectivity index (χ2v) is 4.07. The number of hydrogen-bond acceptors (Lipinski definition) is 4. The van der Waals surface area contributed by atoms with Gasteiger partial charge in [0.2, 0.25) is 0 Å². The Kier molecular flexibility index (Phi) is 6.83. The van der Waals surface area contributed by atoms with Gasteiger partial charge in [0.1, 0.15) is 6.61 Å². The standard InChI is InChI=1S/C8H9NO2.C5H11NO/c9-8(10)11-6-7-4-2-1-3-5-7;7-5-1-3-6-4-2-5/h1-5H,6H2,(H2,9,10);5-7H,1-4H2. The Morgan fingerprint density at radius 1 is 1.33 bits per heavy atom. The largest absolute Gasteiger partial charge is 0.445 e. The molecular formula is C13H20N2O3. The molecule has 1 aromatic carbocycles. The molecule has 5 heteroatoms. The average Bonchev–Trinajstić information content (AvgIpc) is 2.39. The van der Waals surface area contributed by atoms with Gasteiger partial charge in [-0.2, -0.15) is 0 Å². The summed E-state index contributed by atoms with van der Waals surface area (Å²) in [6, 6.07) is 9.37. The molecule has 1 fully saturated rings. The summed E-state index contributed by atoms with van der Waals surface area (Å²) in [4.78, 5) is 10.2. The molecule has 1 saturated heterocycles. The number of carbonyl (C=O) groups is 1. The van der Waals surface area contributed by atoms with Crippen LogP contribution in [-0.2, 0) is 11.3 Å². The maximum atomic E-state index is 10.2. The first-order valence-corrected chi connectivity index (χ1v) is 6.03. The van der Waals surface area contributed by atoms with Crippen molar-refractivity contribution in [2.75, 3.05) is 13.1 Å².